The first-order valence-corrected chi connectivity index (χ1v) is 7.86. The molecule has 22 heavy (non-hydrogen) atoms. The third-order valence-electron chi connectivity index (χ3n) is 4.05. The second-order valence-corrected chi connectivity index (χ2v) is 5.70. The smallest absolute Gasteiger partial charge is 0.0991 e. The largest absolute Gasteiger partial charge is 0.396 e. The molecule has 1 aliphatic heterocycles. The lowest BCUT2D eigenvalue weighted by molar-refractivity contribution is -0.00650. The van der Waals surface area contributed by atoms with Gasteiger partial charge in [0, 0.05) is 32.8 Å². The standard InChI is InChI=1S/C17H24N2O3/c18-12-14-2-4-15(5-3-14)17(21)13-19-8-6-16(7-9-19)22-11-1-10-20/h2-5,16-17,20-21H,1,6-11,13H2. The summed E-state index contributed by atoms with van der Waals surface area (Å²) in [5, 5.41) is 27.8. The van der Waals surface area contributed by atoms with Crippen LogP contribution in [-0.4, -0.2) is 54.1 Å². The van der Waals surface area contributed by atoms with E-state index in [-0.39, 0.29) is 12.7 Å². The molecule has 1 aromatic rings. The predicted octanol–water partition coefficient (Wildman–Crippen LogP) is 1.46. The molecule has 2 rings (SSSR count). The molecule has 1 aliphatic rings. The summed E-state index contributed by atoms with van der Waals surface area (Å²) in [5.74, 6) is 0. The van der Waals surface area contributed by atoms with E-state index < -0.39 is 6.10 Å². The van der Waals surface area contributed by atoms with Gasteiger partial charge in [0.2, 0.25) is 0 Å². The second-order valence-electron chi connectivity index (χ2n) is 5.70. The number of aliphatic hydroxyl groups is 2. The monoisotopic (exact) mass is 304 g/mol. The molecular formula is C17H24N2O3. The molecule has 1 atom stereocenters. The van der Waals surface area contributed by atoms with Gasteiger partial charge in [-0.2, -0.15) is 5.26 Å². The van der Waals surface area contributed by atoms with E-state index in [4.69, 9.17) is 15.1 Å². The van der Waals surface area contributed by atoms with Gasteiger partial charge in [0.15, 0.2) is 0 Å². The summed E-state index contributed by atoms with van der Waals surface area (Å²) in [7, 11) is 0. The fraction of sp³-hybridized carbons (Fsp3) is 0.588. The van der Waals surface area contributed by atoms with Crippen LogP contribution in [-0.2, 0) is 4.74 Å². The number of hydrogen-bond donors (Lipinski definition) is 2. The van der Waals surface area contributed by atoms with Gasteiger partial charge < -0.3 is 19.8 Å². The number of hydrogen-bond acceptors (Lipinski definition) is 5. The Bertz CT molecular complexity index is 476. The van der Waals surface area contributed by atoms with Crippen molar-refractivity contribution < 1.29 is 14.9 Å². The second kappa shape index (κ2) is 8.86. The van der Waals surface area contributed by atoms with Crippen LogP contribution < -0.4 is 0 Å². The molecule has 0 bridgehead atoms. The Labute approximate surface area is 131 Å². The first-order valence-electron chi connectivity index (χ1n) is 7.86. The van der Waals surface area contributed by atoms with Crippen LogP contribution in [0.25, 0.3) is 0 Å². The first kappa shape index (κ1) is 16.9. The van der Waals surface area contributed by atoms with Gasteiger partial charge in [-0.05, 0) is 37.0 Å². The van der Waals surface area contributed by atoms with Gasteiger partial charge >= 0.3 is 0 Å². The topological polar surface area (TPSA) is 76.7 Å². The molecule has 1 fully saturated rings. The van der Waals surface area contributed by atoms with Crippen molar-refractivity contribution in [3.8, 4) is 6.07 Å². The molecule has 2 N–H and O–H groups in total. The highest BCUT2D eigenvalue weighted by Crippen LogP contribution is 2.19. The van der Waals surface area contributed by atoms with Crippen molar-refractivity contribution in [1.82, 2.24) is 4.90 Å². The maximum Gasteiger partial charge on any atom is 0.0991 e. The number of nitrogens with zero attached hydrogens (tertiary/aromatic N) is 2. The maximum atomic E-state index is 10.3. The molecule has 0 saturated carbocycles. The van der Waals surface area contributed by atoms with Crippen molar-refractivity contribution in [2.24, 2.45) is 0 Å². The molecule has 1 saturated heterocycles. The van der Waals surface area contributed by atoms with Crippen LogP contribution in [0.5, 0.6) is 0 Å². The number of ether oxygens (including phenoxy) is 1. The van der Waals surface area contributed by atoms with Crippen LogP contribution in [0, 0.1) is 11.3 Å². The van der Waals surface area contributed by atoms with Gasteiger partial charge in [-0.1, -0.05) is 12.1 Å². The zero-order valence-electron chi connectivity index (χ0n) is 12.8. The van der Waals surface area contributed by atoms with Gasteiger partial charge in [-0.3, -0.25) is 0 Å². The Balaban J connectivity index is 1.74. The molecule has 1 heterocycles. The maximum absolute atomic E-state index is 10.3. The van der Waals surface area contributed by atoms with Crippen LogP contribution in [0.3, 0.4) is 0 Å². The van der Waals surface area contributed by atoms with Gasteiger partial charge in [-0.25, -0.2) is 0 Å². The highest BCUT2D eigenvalue weighted by atomic mass is 16.5. The lowest BCUT2D eigenvalue weighted by Crippen LogP contribution is -2.39. The molecular weight excluding hydrogens is 280 g/mol. The van der Waals surface area contributed by atoms with Crippen LogP contribution in [0.15, 0.2) is 24.3 Å². The quantitative estimate of drug-likeness (QED) is 0.746. The molecule has 120 valence electrons. The summed E-state index contributed by atoms with van der Waals surface area (Å²) in [6.07, 6.45) is 2.36. The Kier molecular flexibility index (Phi) is 6.81. The van der Waals surface area contributed by atoms with E-state index in [0.717, 1.165) is 31.5 Å². The normalized spacial score (nSPS) is 18.0. The van der Waals surface area contributed by atoms with E-state index in [2.05, 4.69) is 11.0 Å². The van der Waals surface area contributed by atoms with Crippen molar-refractivity contribution in [2.75, 3.05) is 32.8 Å². The third kappa shape index (κ3) is 5.08. The summed E-state index contributed by atoms with van der Waals surface area (Å²) < 4.78 is 5.71. The van der Waals surface area contributed by atoms with Crippen LogP contribution in [0.4, 0.5) is 0 Å². The van der Waals surface area contributed by atoms with Crippen molar-refractivity contribution in [3.63, 3.8) is 0 Å². The van der Waals surface area contributed by atoms with E-state index in [0.29, 0.717) is 25.1 Å². The molecule has 1 aromatic carbocycles. The summed E-state index contributed by atoms with van der Waals surface area (Å²) in [5.41, 5.74) is 1.46. The lowest BCUT2D eigenvalue weighted by atomic mass is 10.0. The average molecular weight is 304 g/mol. The third-order valence-corrected chi connectivity index (χ3v) is 4.05. The minimum absolute atomic E-state index is 0.176. The zero-order chi connectivity index (χ0) is 15.8. The number of benzene rings is 1. The summed E-state index contributed by atoms with van der Waals surface area (Å²) in [6.45, 7) is 3.23. The summed E-state index contributed by atoms with van der Waals surface area (Å²) in [6, 6.07) is 9.18. The van der Waals surface area contributed by atoms with E-state index in [1.807, 2.05) is 12.1 Å². The van der Waals surface area contributed by atoms with Crippen LogP contribution in [0.2, 0.25) is 0 Å². The fourth-order valence-electron chi connectivity index (χ4n) is 2.70. The lowest BCUT2D eigenvalue weighted by Gasteiger charge is -2.33. The number of piperidine rings is 1. The number of β-amino-alcohol motifs (C(OH)–C–C–N with tert-alkyl or cyclic N) is 1. The Hall–Kier alpha value is -1.45. The van der Waals surface area contributed by atoms with Crippen LogP contribution >= 0.6 is 0 Å². The molecule has 0 radical (unpaired) electrons. The predicted molar refractivity (Wildman–Crippen MR) is 83.2 cm³/mol. The number of likely N-dealkylation sites (tertiary alicyclic amines) is 1. The van der Waals surface area contributed by atoms with Gasteiger partial charge in [0.25, 0.3) is 0 Å². The minimum Gasteiger partial charge on any atom is -0.396 e. The summed E-state index contributed by atoms with van der Waals surface area (Å²) in [4.78, 5) is 2.24. The van der Waals surface area contributed by atoms with Gasteiger partial charge in [0.05, 0.1) is 23.8 Å². The van der Waals surface area contributed by atoms with Crippen molar-refractivity contribution in [2.45, 2.75) is 31.5 Å². The van der Waals surface area contributed by atoms with Crippen molar-refractivity contribution >= 4 is 0 Å². The van der Waals surface area contributed by atoms with Gasteiger partial charge in [-0.15, -0.1) is 0 Å². The molecule has 0 aromatic heterocycles. The molecule has 0 aliphatic carbocycles. The Morgan fingerprint density at radius 2 is 1.95 bits per heavy atom. The number of nitriles is 1. The molecule has 1 unspecified atom stereocenters. The van der Waals surface area contributed by atoms with E-state index in [1.165, 1.54) is 0 Å². The molecule has 0 spiro atoms. The fourth-order valence-corrected chi connectivity index (χ4v) is 2.70. The number of rotatable bonds is 7. The average Bonchev–Trinajstić information content (AvgIpc) is 2.57. The molecule has 0 amide bonds. The SMILES string of the molecule is N#Cc1ccc(C(O)CN2CCC(OCCCO)CC2)cc1. The number of aliphatic hydroxyl groups excluding tert-OH is 2. The van der Waals surface area contributed by atoms with E-state index >= 15 is 0 Å². The van der Waals surface area contributed by atoms with Crippen LogP contribution in [0.1, 0.15) is 36.5 Å². The highest BCUT2D eigenvalue weighted by Gasteiger charge is 2.21. The van der Waals surface area contributed by atoms with Crippen molar-refractivity contribution in [1.29, 1.82) is 5.26 Å². The highest BCUT2D eigenvalue weighted by molar-refractivity contribution is 5.32. The first-order chi connectivity index (χ1) is 10.7. The summed E-state index contributed by atoms with van der Waals surface area (Å²) >= 11 is 0. The molecule has 5 nitrogen and oxygen atoms in total. The van der Waals surface area contributed by atoms with E-state index in [9.17, 15) is 5.11 Å². The van der Waals surface area contributed by atoms with E-state index in [1.54, 1.807) is 12.1 Å². The van der Waals surface area contributed by atoms with Gasteiger partial charge in [0.1, 0.15) is 0 Å². The Morgan fingerprint density at radius 3 is 2.55 bits per heavy atom. The zero-order valence-corrected chi connectivity index (χ0v) is 12.8. The Morgan fingerprint density at radius 1 is 1.27 bits per heavy atom. The minimum atomic E-state index is -0.528. The molecule has 5 heteroatoms. The van der Waals surface area contributed by atoms with Crippen molar-refractivity contribution in [3.05, 3.63) is 35.4 Å².